The molecule has 5 heteroatoms. The number of rotatable bonds is 6. The molecule has 1 aliphatic heterocycles. The summed E-state index contributed by atoms with van der Waals surface area (Å²) in [6.45, 7) is 4.92. The second-order valence-corrected chi connectivity index (χ2v) is 4.25. The van der Waals surface area contributed by atoms with Crippen molar-refractivity contribution in [3.05, 3.63) is 12.7 Å². The molecule has 0 bridgehead atoms. The molecule has 1 saturated heterocycles. The summed E-state index contributed by atoms with van der Waals surface area (Å²) in [5, 5.41) is 0. The van der Waals surface area contributed by atoms with Gasteiger partial charge in [0, 0.05) is 20.1 Å². The van der Waals surface area contributed by atoms with Gasteiger partial charge in [0.05, 0.1) is 6.10 Å². The number of unbranched alkanes of at least 4 members (excludes halogenated alkanes) is 1. The lowest BCUT2D eigenvalue weighted by Gasteiger charge is -2.21. The number of hydrogen-bond donors (Lipinski definition) is 1. The molecule has 0 radical (unpaired) electrons. The summed E-state index contributed by atoms with van der Waals surface area (Å²) >= 11 is 0. The van der Waals surface area contributed by atoms with Crippen molar-refractivity contribution in [2.75, 3.05) is 20.1 Å². The van der Waals surface area contributed by atoms with Crippen LogP contribution in [-0.4, -0.2) is 43.2 Å². The molecule has 1 heterocycles. The van der Waals surface area contributed by atoms with Gasteiger partial charge in [0.15, 0.2) is 0 Å². The molecule has 0 aromatic rings. The van der Waals surface area contributed by atoms with E-state index in [1.807, 2.05) is 13.1 Å². The molecule has 1 rings (SSSR count). The van der Waals surface area contributed by atoms with Gasteiger partial charge in [-0.3, -0.25) is 4.79 Å². The van der Waals surface area contributed by atoms with Crippen molar-refractivity contribution in [2.45, 2.75) is 37.9 Å². The van der Waals surface area contributed by atoms with Crippen LogP contribution in [0, 0.1) is 0 Å². The molecular formula is C12H23ClN2O2. The van der Waals surface area contributed by atoms with Crippen LogP contribution in [0.4, 0.5) is 0 Å². The molecule has 0 aromatic heterocycles. The summed E-state index contributed by atoms with van der Waals surface area (Å²) in [4.78, 5) is 13.7. The topological polar surface area (TPSA) is 55.6 Å². The van der Waals surface area contributed by atoms with E-state index in [1.165, 1.54) is 0 Å². The third-order valence-electron chi connectivity index (χ3n) is 2.92. The number of carbonyl (C=O) groups excluding carboxylic acids is 1. The molecule has 2 N–H and O–H groups in total. The Balaban J connectivity index is 0.00000256. The van der Waals surface area contributed by atoms with E-state index in [4.69, 9.17) is 10.5 Å². The lowest BCUT2D eigenvalue weighted by atomic mass is 10.2. The molecule has 2 atom stereocenters. The highest BCUT2D eigenvalue weighted by Crippen LogP contribution is 2.20. The second kappa shape index (κ2) is 8.50. The molecule has 4 nitrogen and oxygen atoms in total. The molecule has 0 aliphatic carbocycles. The minimum atomic E-state index is -0.276. The van der Waals surface area contributed by atoms with Gasteiger partial charge in [-0.2, -0.15) is 0 Å². The van der Waals surface area contributed by atoms with Gasteiger partial charge in [-0.15, -0.1) is 19.0 Å². The molecular weight excluding hydrogens is 240 g/mol. The number of amides is 1. The summed E-state index contributed by atoms with van der Waals surface area (Å²) in [6.07, 6.45) is 5.25. The van der Waals surface area contributed by atoms with Crippen LogP contribution in [0.1, 0.15) is 25.7 Å². The number of ether oxygens (including phenoxy) is 1. The van der Waals surface area contributed by atoms with Crippen molar-refractivity contribution in [1.82, 2.24) is 4.90 Å². The fraction of sp³-hybridized carbons (Fsp3) is 0.750. The second-order valence-electron chi connectivity index (χ2n) is 4.25. The molecule has 1 amide bonds. The van der Waals surface area contributed by atoms with Crippen LogP contribution in [-0.2, 0) is 9.53 Å². The third kappa shape index (κ3) is 5.06. The SMILES string of the molecule is C=CCCCN(C)C(=O)[C@@H]1CC[C@H](CN)O1.Cl. The summed E-state index contributed by atoms with van der Waals surface area (Å²) in [6, 6.07) is 0. The van der Waals surface area contributed by atoms with Gasteiger partial charge in [0.1, 0.15) is 6.10 Å². The van der Waals surface area contributed by atoms with E-state index in [0.29, 0.717) is 6.54 Å². The lowest BCUT2D eigenvalue weighted by Crippen LogP contribution is -2.37. The standard InChI is InChI=1S/C12H22N2O2.ClH/c1-3-4-5-8-14(2)12(15)11-7-6-10(9-13)16-11;/h3,10-11H,1,4-9,13H2,2H3;1H/t10-,11+;/m1./s1. The minimum Gasteiger partial charge on any atom is -0.364 e. The highest BCUT2D eigenvalue weighted by atomic mass is 35.5. The van der Waals surface area contributed by atoms with Crippen molar-refractivity contribution in [3.63, 3.8) is 0 Å². The average Bonchev–Trinajstić information content (AvgIpc) is 2.76. The number of nitrogens with zero attached hydrogens (tertiary/aromatic N) is 1. The van der Waals surface area contributed by atoms with Crippen LogP contribution < -0.4 is 5.73 Å². The highest BCUT2D eigenvalue weighted by molar-refractivity contribution is 5.85. The Labute approximate surface area is 110 Å². The monoisotopic (exact) mass is 262 g/mol. The van der Waals surface area contributed by atoms with Crippen molar-refractivity contribution in [1.29, 1.82) is 0 Å². The van der Waals surface area contributed by atoms with Crippen molar-refractivity contribution < 1.29 is 9.53 Å². The van der Waals surface area contributed by atoms with Gasteiger partial charge in [-0.05, 0) is 25.7 Å². The number of allylic oxidation sites excluding steroid dienone is 1. The van der Waals surface area contributed by atoms with E-state index in [-0.39, 0.29) is 30.5 Å². The van der Waals surface area contributed by atoms with Gasteiger partial charge in [0.25, 0.3) is 5.91 Å². The Hall–Kier alpha value is -0.580. The van der Waals surface area contributed by atoms with E-state index < -0.39 is 0 Å². The Kier molecular flexibility index (Phi) is 8.21. The number of halogens is 1. The number of nitrogens with two attached hydrogens (primary N) is 1. The zero-order valence-electron chi connectivity index (χ0n) is 10.4. The van der Waals surface area contributed by atoms with E-state index in [9.17, 15) is 4.79 Å². The fourth-order valence-corrected chi connectivity index (χ4v) is 1.89. The summed E-state index contributed by atoms with van der Waals surface area (Å²) in [5.74, 6) is 0.0833. The first-order valence-electron chi connectivity index (χ1n) is 5.90. The first-order chi connectivity index (χ1) is 7.69. The van der Waals surface area contributed by atoms with Crippen LogP contribution in [0.3, 0.4) is 0 Å². The maximum absolute atomic E-state index is 11.9. The number of carbonyl (C=O) groups is 1. The molecule has 1 aliphatic rings. The van der Waals surface area contributed by atoms with E-state index in [1.54, 1.807) is 4.90 Å². The Morgan fingerprint density at radius 3 is 2.82 bits per heavy atom. The van der Waals surface area contributed by atoms with E-state index in [0.717, 1.165) is 32.2 Å². The predicted molar refractivity (Wildman–Crippen MR) is 71.3 cm³/mol. The van der Waals surface area contributed by atoms with E-state index >= 15 is 0 Å². The zero-order chi connectivity index (χ0) is 12.0. The summed E-state index contributed by atoms with van der Waals surface area (Å²) in [5.41, 5.74) is 5.51. The minimum absolute atomic E-state index is 0. The number of hydrogen-bond acceptors (Lipinski definition) is 3. The summed E-state index contributed by atoms with van der Waals surface area (Å²) < 4.78 is 5.56. The zero-order valence-corrected chi connectivity index (χ0v) is 11.2. The first-order valence-corrected chi connectivity index (χ1v) is 5.90. The maximum atomic E-state index is 11.9. The molecule has 1 fully saturated rings. The summed E-state index contributed by atoms with van der Waals surface area (Å²) in [7, 11) is 1.82. The van der Waals surface area contributed by atoms with Crippen LogP contribution in [0.5, 0.6) is 0 Å². The quantitative estimate of drug-likeness (QED) is 0.581. The fourth-order valence-electron chi connectivity index (χ4n) is 1.89. The molecule has 17 heavy (non-hydrogen) atoms. The Bertz CT molecular complexity index is 249. The smallest absolute Gasteiger partial charge is 0.251 e. The molecule has 0 unspecified atom stereocenters. The van der Waals surface area contributed by atoms with Gasteiger partial charge in [-0.1, -0.05) is 6.08 Å². The van der Waals surface area contributed by atoms with Gasteiger partial charge in [0.2, 0.25) is 0 Å². The van der Waals surface area contributed by atoms with Crippen molar-refractivity contribution >= 4 is 18.3 Å². The lowest BCUT2D eigenvalue weighted by molar-refractivity contribution is -0.141. The molecule has 100 valence electrons. The van der Waals surface area contributed by atoms with Gasteiger partial charge in [-0.25, -0.2) is 0 Å². The largest absolute Gasteiger partial charge is 0.364 e. The van der Waals surface area contributed by atoms with Gasteiger partial charge >= 0.3 is 0 Å². The van der Waals surface area contributed by atoms with Crippen molar-refractivity contribution in [3.8, 4) is 0 Å². The van der Waals surface area contributed by atoms with Crippen LogP contribution >= 0.6 is 12.4 Å². The third-order valence-corrected chi connectivity index (χ3v) is 2.92. The Morgan fingerprint density at radius 1 is 1.59 bits per heavy atom. The number of likely N-dealkylation sites (N-methyl/N-ethyl adjacent to an activating group) is 1. The normalized spacial score (nSPS) is 22.9. The molecule has 0 spiro atoms. The first kappa shape index (κ1) is 16.4. The molecule has 0 saturated carbocycles. The van der Waals surface area contributed by atoms with Crippen LogP contribution in [0.2, 0.25) is 0 Å². The highest BCUT2D eigenvalue weighted by Gasteiger charge is 2.31. The van der Waals surface area contributed by atoms with Gasteiger partial charge < -0.3 is 15.4 Å². The predicted octanol–water partition coefficient (Wildman–Crippen LogP) is 1.34. The van der Waals surface area contributed by atoms with E-state index in [2.05, 4.69) is 6.58 Å². The average molecular weight is 263 g/mol. The molecule has 0 aromatic carbocycles. The van der Waals surface area contributed by atoms with Crippen molar-refractivity contribution in [2.24, 2.45) is 5.73 Å². The maximum Gasteiger partial charge on any atom is 0.251 e. The van der Waals surface area contributed by atoms with Crippen LogP contribution in [0.25, 0.3) is 0 Å². The Morgan fingerprint density at radius 2 is 2.29 bits per heavy atom. The van der Waals surface area contributed by atoms with Crippen LogP contribution in [0.15, 0.2) is 12.7 Å².